The molecule has 0 unspecified atom stereocenters. The Morgan fingerprint density at radius 3 is 2.67 bits per heavy atom. The van der Waals surface area contributed by atoms with Gasteiger partial charge in [-0.15, -0.1) is 0 Å². The number of benzene rings is 3. The van der Waals surface area contributed by atoms with Gasteiger partial charge in [-0.1, -0.05) is 17.7 Å². The van der Waals surface area contributed by atoms with E-state index in [2.05, 4.69) is 15.9 Å². The molecule has 5 rings (SSSR count). The third kappa shape index (κ3) is 3.34. The highest BCUT2D eigenvalue weighted by Gasteiger charge is 2.41. The van der Waals surface area contributed by atoms with E-state index < -0.39 is 6.23 Å². The molecule has 152 valence electrons. The summed E-state index contributed by atoms with van der Waals surface area (Å²) in [5, 5.41) is 7.50. The van der Waals surface area contributed by atoms with E-state index in [9.17, 15) is 4.39 Å². The van der Waals surface area contributed by atoms with Gasteiger partial charge in [0.15, 0.2) is 0 Å². The molecular formula is C23H17BrClFN2O2. The first-order valence-corrected chi connectivity index (χ1v) is 10.6. The second-order valence-electron chi connectivity index (χ2n) is 7.20. The fourth-order valence-electron chi connectivity index (χ4n) is 3.90. The molecule has 4 nitrogen and oxygen atoms in total. The third-order valence-electron chi connectivity index (χ3n) is 5.40. The molecule has 0 saturated carbocycles. The van der Waals surface area contributed by atoms with Crippen LogP contribution in [0.15, 0.2) is 70.2 Å². The average Bonchev–Trinajstić information content (AvgIpc) is 3.21. The molecule has 0 bridgehead atoms. The van der Waals surface area contributed by atoms with E-state index in [0.717, 1.165) is 33.9 Å². The molecule has 2 aliphatic heterocycles. The molecule has 0 aliphatic carbocycles. The molecule has 0 saturated heterocycles. The summed E-state index contributed by atoms with van der Waals surface area (Å²) >= 11 is 9.55. The molecule has 0 amide bonds. The van der Waals surface area contributed by atoms with Crippen LogP contribution in [0.3, 0.4) is 0 Å². The highest BCUT2D eigenvalue weighted by molar-refractivity contribution is 9.10. The monoisotopic (exact) mass is 486 g/mol. The first kappa shape index (κ1) is 19.4. The highest BCUT2D eigenvalue weighted by atomic mass is 79.9. The Kier molecular flexibility index (Phi) is 4.91. The van der Waals surface area contributed by atoms with Crippen molar-refractivity contribution in [2.75, 3.05) is 7.11 Å². The molecule has 3 aromatic carbocycles. The Balaban J connectivity index is 1.58. The number of hydrogen-bond donors (Lipinski definition) is 0. The Labute approximate surface area is 187 Å². The van der Waals surface area contributed by atoms with E-state index in [1.54, 1.807) is 19.2 Å². The quantitative estimate of drug-likeness (QED) is 0.423. The lowest BCUT2D eigenvalue weighted by atomic mass is 9.96. The lowest BCUT2D eigenvalue weighted by Crippen LogP contribution is -2.33. The van der Waals surface area contributed by atoms with E-state index in [4.69, 9.17) is 26.2 Å². The first-order valence-electron chi connectivity index (χ1n) is 9.45. The van der Waals surface area contributed by atoms with Crippen molar-refractivity contribution >= 4 is 33.2 Å². The Bertz CT molecular complexity index is 1150. The summed E-state index contributed by atoms with van der Waals surface area (Å²) in [4.78, 5) is 0. The van der Waals surface area contributed by atoms with E-state index >= 15 is 0 Å². The third-order valence-corrected chi connectivity index (χ3v) is 6.25. The maximum Gasteiger partial charge on any atom is 0.213 e. The largest absolute Gasteiger partial charge is 0.497 e. The van der Waals surface area contributed by atoms with Gasteiger partial charge in [0.2, 0.25) is 6.23 Å². The Morgan fingerprint density at radius 2 is 1.93 bits per heavy atom. The Hall–Kier alpha value is -2.57. The van der Waals surface area contributed by atoms with Crippen LogP contribution in [0.2, 0.25) is 5.02 Å². The summed E-state index contributed by atoms with van der Waals surface area (Å²) in [6, 6.07) is 18.3. The van der Waals surface area contributed by atoms with Crippen molar-refractivity contribution < 1.29 is 13.9 Å². The first-order chi connectivity index (χ1) is 14.5. The molecule has 30 heavy (non-hydrogen) atoms. The fraction of sp³-hybridized carbons (Fsp3) is 0.174. The lowest BCUT2D eigenvalue weighted by molar-refractivity contribution is -0.0191. The fourth-order valence-corrected chi connectivity index (χ4v) is 4.48. The van der Waals surface area contributed by atoms with Crippen molar-refractivity contribution in [1.82, 2.24) is 5.01 Å². The highest BCUT2D eigenvalue weighted by Crippen LogP contribution is 2.48. The summed E-state index contributed by atoms with van der Waals surface area (Å²) < 4.78 is 25.8. The molecule has 2 heterocycles. The molecule has 2 atom stereocenters. The second-order valence-corrected chi connectivity index (χ2v) is 8.49. The summed E-state index contributed by atoms with van der Waals surface area (Å²) in [6.07, 6.45) is 0.235. The normalized spacial score (nSPS) is 19.6. The van der Waals surface area contributed by atoms with E-state index in [0.29, 0.717) is 15.9 Å². The van der Waals surface area contributed by atoms with Gasteiger partial charge in [-0.05, 0) is 76.1 Å². The van der Waals surface area contributed by atoms with Crippen molar-refractivity contribution in [1.29, 1.82) is 0 Å². The molecule has 0 spiro atoms. The van der Waals surface area contributed by atoms with Gasteiger partial charge < -0.3 is 9.47 Å². The van der Waals surface area contributed by atoms with Gasteiger partial charge in [0, 0.05) is 22.6 Å². The van der Waals surface area contributed by atoms with Crippen LogP contribution in [0, 0.1) is 5.82 Å². The van der Waals surface area contributed by atoms with Crippen LogP contribution in [0.4, 0.5) is 4.39 Å². The summed E-state index contributed by atoms with van der Waals surface area (Å²) in [5.74, 6) is 1.24. The number of nitrogens with zero attached hydrogens (tertiary/aromatic N) is 2. The smallest absolute Gasteiger partial charge is 0.213 e. The number of hydrogen-bond acceptors (Lipinski definition) is 4. The minimum absolute atomic E-state index is 0.0293. The van der Waals surface area contributed by atoms with Crippen LogP contribution in [0.1, 0.15) is 35.4 Å². The summed E-state index contributed by atoms with van der Waals surface area (Å²) in [7, 11) is 1.64. The minimum Gasteiger partial charge on any atom is -0.497 e. The minimum atomic E-state index is -0.476. The van der Waals surface area contributed by atoms with Gasteiger partial charge in [-0.3, -0.25) is 0 Å². The molecule has 7 heteroatoms. The van der Waals surface area contributed by atoms with Gasteiger partial charge in [0.25, 0.3) is 0 Å². The summed E-state index contributed by atoms with van der Waals surface area (Å²) in [5.41, 5.74) is 3.78. The number of rotatable bonds is 3. The van der Waals surface area contributed by atoms with Crippen molar-refractivity contribution in [2.24, 2.45) is 5.10 Å². The topological polar surface area (TPSA) is 34.1 Å². The molecule has 0 aromatic heterocycles. The molecule has 2 aliphatic rings. The van der Waals surface area contributed by atoms with Crippen LogP contribution >= 0.6 is 27.5 Å². The predicted molar refractivity (Wildman–Crippen MR) is 118 cm³/mol. The van der Waals surface area contributed by atoms with E-state index in [1.165, 1.54) is 6.07 Å². The molecule has 0 radical (unpaired) electrons. The van der Waals surface area contributed by atoms with Gasteiger partial charge in [0.05, 0.1) is 23.3 Å². The number of hydrazone groups is 1. The zero-order valence-electron chi connectivity index (χ0n) is 16.0. The molecule has 0 fully saturated rings. The molecule has 0 N–H and O–H groups in total. The second kappa shape index (κ2) is 7.60. The molecular weight excluding hydrogens is 471 g/mol. The van der Waals surface area contributed by atoms with Gasteiger partial charge in [0.1, 0.15) is 17.3 Å². The number of ether oxygens (including phenoxy) is 2. The predicted octanol–water partition coefficient (Wildman–Crippen LogP) is 6.49. The number of fused-ring (bicyclic) bond motifs is 3. The van der Waals surface area contributed by atoms with Crippen molar-refractivity contribution in [2.45, 2.75) is 18.7 Å². The van der Waals surface area contributed by atoms with Crippen molar-refractivity contribution in [3.8, 4) is 11.5 Å². The zero-order valence-corrected chi connectivity index (χ0v) is 18.3. The maximum atomic E-state index is 13.8. The standard InChI is InChI=1S/C23H17BrClFN2O2/c1-29-16-6-2-13(3-7-16)20-12-21-17-11-15(25)5-9-22(17)30-23(28(21)27-20)14-4-8-19(26)18(24)10-14/h2-11,21,23H,12H2,1H3/t21-,23+/m0/s1. The average molecular weight is 488 g/mol. The SMILES string of the molecule is COc1ccc(C2=NN3[C@@H](c4ccc(F)c(Br)c4)Oc4ccc(Cl)cc4[C@@H]3C2)cc1. The van der Waals surface area contributed by atoms with Crippen molar-refractivity contribution in [3.63, 3.8) is 0 Å². The maximum absolute atomic E-state index is 13.8. The van der Waals surface area contributed by atoms with E-state index in [-0.39, 0.29) is 11.9 Å². The summed E-state index contributed by atoms with van der Waals surface area (Å²) in [6.45, 7) is 0. The van der Waals surface area contributed by atoms with Crippen LogP contribution < -0.4 is 9.47 Å². The van der Waals surface area contributed by atoms with Crippen LogP contribution in [0.5, 0.6) is 11.5 Å². The van der Waals surface area contributed by atoms with Gasteiger partial charge in [-0.25, -0.2) is 9.40 Å². The van der Waals surface area contributed by atoms with Crippen LogP contribution in [-0.4, -0.2) is 17.8 Å². The molecule has 3 aromatic rings. The Morgan fingerprint density at radius 1 is 1.13 bits per heavy atom. The van der Waals surface area contributed by atoms with Crippen LogP contribution in [-0.2, 0) is 0 Å². The van der Waals surface area contributed by atoms with Gasteiger partial charge in [-0.2, -0.15) is 5.10 Å². The number of halogens is 3. The lowest BCUT2D eigenvalue weighted by Gasteiger charge is -2.38. The van der Waals surface area contributed by atoms with Crippen molar-refractivity contribution in [3.05, 3.63) is 92.7 Å². The van der Waals surface area contributed by atoms with Crippen LogP contribution in [0.25, 0.3) is 0 Å². The number of methoxy groups -OCH3 is 1. The van der Waals surface area contributed by atoms with Gasteiger partial charge >= 0.3 is 0 Å². The zero-order chi connectivity index (χ0) is 20.8. The van der Waals surface area contributed by atoms with E-state index in [1.807, 2.05) is 47.5 Å².